The van der Waals surface area contributed by atoms with Crippen LogP contribution in [0.2, 0.25) is 0 Å². The second-order valence-electron chi connectivity index (χ2n) is 5.59. The molecule has 0 atom stereocenters. The summed E-state index contributed by atoms with van der Waals surface area (Å²) >= 11 is 0. The van der Waals surface area contributed by atoms with Gasteiger partial charge in [0, 0.05) is 38.1 Å². The summed E-state index contributed by atoms with van der Waals surface area (Å²) in [5.74, 6) is 0.0621. The van der Waals surface area contributed by atoms with Gasteiger partial charge in [-0.1, -0.05) is 6.07 Å². The normalized spacial score (nSPS) is 18.2. The molecule has 3 rings (SSSR count). The van der Waals surface area contributed by atoms with Crippen molar-refractivity contribution in [3.05, 3.63) is 23.8 Å². The number of rotatable bonds is 3. The average molecular weight is 274 g/mol. The maximum Gasteiger partial charge on any atom is 0.252 e. The number of anilines is 2. The number of carbonyl (C=O) groups excluding carboxylic acids is 1. The van der Waals surface area contributed by atoms with Crippen LogP contribution in [0.3, 0.4) is 0 Å². The van der Waals surface area contributed by atoms with Crippen molar-refractivity contribution in [1.29, 1.82) is 0 Å². The van der Waals surface area contributed by atoms with Crippen molar-refractivity contribution in [2.24, 2.45) is 0 Å². The zero-order chi connectivity index (χ0) is 13.9. The summed E-state index contributed by atoms with van der Waals surface area (Å²) in [7, 11) is 1.57. The van der Waals surface area contributed by atoms with Gasteiger partial charge in [0.1, 0.15) is 6.61 Å². The van der Waals surface area contributed by atoms with E-state index in [9.17, 15) is 4.79 Å². The maximum atomic E-state index is 12.2. The summed E-state index contributed by atoms with van der Waals surface area (Å²) in [6, 6.07) is 6.58. The molecule has 108 valence electrons. The lowest BCUT2D eigenvalue weighted by Gasteiger charge is -2.31. The zero-order valence-corrected chi connectivity index (χ0v) is 12.1. The van der Waals surface area contributed by atoms with Gasteiger partial charge in [0.25, 0.3) is 5.91 Å². The van der Waals surface area contributed by atoms with Crippen molar-refractivity contribution in [3.63, 3.8) is 0 Å². The number of aryl methyl sites for hydroxylation is 1. The van der Waals surface area contributed by atoms with Gasteiger partial charge in [-0.2, -0.15) is 0 Å². The van der Waals surface area contributed by atoms with Crippen LogP contribution in [0.25, 0.3) is 0 Å². The van der Waals surface area contributed by atoms with Gasteiger partial charge in [0.15, 0.2) is 0 Å². The van der Waals surface area contributed by atoms with Gasteiger partial charge in [0.2, 0.25) is 0 Å². The lowest BCUT2D eigenvalue weighted by Crippen LogP contribution is -2.38. The molecule has 0 aromatic heterocycles. The van der Waals surface area contributed by atoms with Gasteiger partial charge >= 0.3 is 0 Å². The summed E-state index contributed by atoms with van der Waals surface area (Å²) in [5, 5.41) is 0. The molecule has 1 amide bonds. The molecule has 2 aliphatic rings. The van der Waals surface area contributed by atoms with E-state index in [-0.39, 0.29) is 12.5 Å². The molecular formula is C16H22N2O2. The molecule has 0 unspecified atom stereocenters. The van der Waals surface area contributed by atoms with Crippen molar-refractivity contribution < 1.29 is 9.53 Å². The Bertz CT molecular complexity index is 495. The van der Waals surface area contributed by atoms with Crippen LogP contribution in [0.4, 0.5) is 11.4 Å². The zero-order valence-electron chi connectivity index (χ0n) is 12.1. The van der Waals surface area contributed by atoms with Gasteiger partial charge in [-0.15, -0.1) is 0 Å². The number of hydrogen-bond acceptors (Lipinski definition) is 3. The van der Waals surface area contributed by atoms with Gasteiger partial charge in [0.05, 0.1) is 0 Å². The van der Waals surface area contributed by atoms with E-state index >= 15 is 0 Å². The SMILES string of the molecule is COCC(=O)N1CCCc2ccc(N3CCCC3)cc21. The highest BCUT2D eigenvalue weighted by Crippen LogP contribution is 2.32. The molecule has 1 saturated heterocycles. The quantitative estimate of drug-likeness (QED) is 0.847. The summed E-state index contributed by atoms with van der Waals surface area (Å²) in [6.07, 6.45) is 4.63. The van der Waals surface area contributed by atoms with E-state index in [1.807, 2.05) is 4.90 Å². The van der Waals surface area contributed by atoms with Crippen molar-refractivity contribution >= 4 is 17.3 Å². The third-order valence-electron chi connectivity index (χ3n) is 4.23. The molecule has 2 heterocycles. The van der Waals surface area contributed by atoms with Crippen molar-refractivity contribution in [3.8, 4) is 0 Å². The highest BCUT2D eigenvalue weighted by molar-refractivity contribution is 5.96. The predicted molar refractivity (Wildman–Crippen MR) is 80.4 cm³/mol. The lowest BCUT2D eigenvalue weighted by atomic mass is 10.0. The topological polar surface area (TPSA) is 32.8 Å². The van der Waals surface area contributed by atoms with Crippen LogP contribution in [0, 0.1) is 0 Å². The van der Waals surface area contributed by atoms with Crippen molar-refractivity contribution in [2.45, 2.75) is 25.7 Å². The van der Waals surface area contributed by atoms with E-state index < -0.39 is 0 Å². The molecule has 20 heavy (non-hydrogen) atoms. The maximum absolute atomic E-state index is 12.2. The van der Waals surface area contributed by atoms with Crippen LogP contribution in [0.15, 0.2) is 18.2 Å². The number of nitrogens with zero attached hydrogens (tertiary/aromatic N) is 2. The Balaban J connectivity index is 1.89. The van der Waals surface area contributed by atoms with Crippen LogP contribution in [0.5, 0.6) is 0 Å². The minimum atomic E-state index is 0.0621. The Labute approximate surface area is 120 Å². The Kier molecular flexibility index (Phi) is 3.92. The number of carbonyl (C=O) groups is 1. The second-order valence-corrected chi connectivity index (χ2v) is 5.59. The highest BCUT2D eigenvalue weighted by Gasteiger charge is 2.23. The monoisotopic (exact) mass is 274 g/mol. The molecule has 0 N–H and O–H groups in total. The van der Waals surface area contributed by atoms with Crippen molar-refractivity contribution in [2.75, 3.05) is 43.2 Å². The van der Waals surface area contributed by atoms with Crippen LogP contribution in [-0.4, -0.2) is 39.3 Å². The van der Waals surface area contributed by atoms with E-state index in [1.54, 1.807) is 7.11 Å². The number of benzene rings is 1. The van der Waals surface area contributed by atoms with E-state index in [0.29, 0.717) is 0 Å². The summed E-state index contributed by atoms with van der Waals surface area (Å²) < 4.78 is 5.00. The van der Waals surface area contributed by atoms with E-state index in [1.165, 1.54) is 24.1 Å². The second kappa shape index (κ2) is 5.83. The molecule has 1 fully saturated rings. The van der Waals surface area contributed by atoms with Gasteiger partial charge < -0.3 is 14.5 Å². The van der Waals surface area contributed by atoms with Crippen molar-refractivity contribution in [1.82, 2.24) is 0 Å². The fourth-order valence-corrected chi connectivity index (χ4v) is 3.20. The minimum absolute atomic E-state index is 0.0621. The number of fused-ring (bicyclic) bond motifs is 1. The molecule has 2 aliphatic heterocycles. The van der Waals surface area contributed by atoms with Gasteiger partial charge in [-0.25, -0.2) is 0 Å². The molecule has 0 saturated carbocycles. The lowest BCUT2D eigenvalue weighted by molar-refractivity contribution is -0.122. The molecule has 1 aromatic rings. The van der Waals surface area contributed by atoms with E-state index in [2.05, 4.69) is 23.1 Å². The van der Waals surface area contributed by atoms with E-state index in [4.69, 9.17) is 4.74 Å². The first kappa shape index (κ1) is 13.4. The molecule has 1 aromatic carbocycles. The Morgan fingerprint density at radius 1 is 1.20 bits per heavy atom. The fourth-order valence-electron chi connectivity index (χ4n) is 3.20. The molecule has 0 radical (unpaired) electrons. The summed E-state index contributed by atoms with van der Waals surface area (Å²) in [4.78, 5) is 16.5. The standard InChI is InChI=1S/C16H22N2O2/c1-20-12-16(19)18-10-4-5-13-6-7-14(11-15(13)18)17-8-2-3-9-17/h6-7,11H,2-5,8-10,12H2,1H3. The predicted octanol–water partition coefficient (Wildman–Crippen LogP) is 2.21. The molecular weight excluding hydrogens is 252 g/mol. The molecule has 4 nitrogen and oxygen atoms in total. The van der Waals surface area contributed by atoms with Crippen LogP contribution in [0.1, 0.15) is 24.8 Å². The van der Waals surface area contributed by atoms with Crippen LogP contribution in [-0.2, 0) is 16.0 Å². The number of amides is 1. The molecule has 0 spiro atoms. The van der Waals surface area contributed by atoms with E-state index in [0.717, 1.165) is 38.2 Å². The molecule has 0 bridgehead atoms. The summed E-state index contributed by atoms with van der Waals surface area (Å²) in [6.45, 7) is 3.22. The average Bonchev–Trinajstić information content (AvgIpc) is 3.00. The molecule has 0 aliphatic carbocycles. The van der Waals surface area contributed by atoms with Gasteiger partial charge in [-0.3, -0.25) is 4.79 Å². The third-order valence-corrected chi connectivity index (χ3v) is 4.23. The van der Waals surface area contributed by atoms with Crippen LogP contribution < -0.4 is 9.80 Å². The minimum Gasteiger partial charge on any atom is -0.375 e. The van der Waals surface area contributed by atoms with Crippen LogP contribution >= 0.6 is 0 Å². The highest BCUT2D eigenvalue weighted by atomic mass is 16.5. The fraction of sp³-hybridized carbons (Fsp3) is 0.562. The van der Waals surface area contributed by atoms with Gasteiger partial charge in [-0.05, 0) is 43.4 Å². The largest absolute Gasteiger partial charge is 0.375 e. The Hall–Kier alpha value is -1.55. The Morgan fingerprint density at radius 3 is 2.75 bits per heavy atom. The number of ether oxygens (including phenoxy) is 1. The first-order valence-corrected chi connectivity index (χ1v) is 7.47. The third kappa shape index (κ3) is 2.52. The Morgan fingerprint density at radius 2 is 2.00 bits per heavy atom. The first-order chi connectivity index (χ1) is 9.79. The molecule has 4 heteroatoms. The summed E-state index contributed by atoms with van der Waals surface area (Å²) in [5.41, 5.74) is 3.62. The number of hydrogen-bond donors (Lipinski definition) is 0. The number of methoxy groups -OCH3 is 1. The smallest absolute Gasteiger partial charge is 0.252 e. The first-order valence-electron chi connectivity index (χ1n) is 7.47.